The van der Waals surface area contributed by atoms with E-state index in [1.165, 1.54) is 0 Å². The van der Waals surface area contributed by atoms with Crippen LogP contribution < -0.4 is 11.0 Å². The van der Waals surface area contributed by atoms with E-state index in [1.54, 1.807) is 24.3 Å². The minimum atomic E-state index is -1.57. The minimum Gasteiger partial charge on any atom is -0.394 e. The zero-order valence-corrected chi connectivity index (χ0v) is 16.2. The fourth-order valence-corrected chi connectivity index (χ4v) is 3.48. The average Bonchev–Trinajstić information content (AvgIpc) is 2.76. The van der Waals surface area contributed by atoms with Crippen molar-refractivity contribution >= 4 is 10.9 Å². The van der Waals surface area contributed by atoms with E-state index in [0.29, 0.717) is 16.5 Å². The van der Waals surface area contributed by atoms with Crippen molar-refractivity contribution in [1.29, 1.82) is 0 Å². The molecule has 9 heteroatoms. The maximum atomic E-state index is 13.2. The van der Waals surface area contributed by atoms with Gasteiger partial charge in [-0.15, -0.1) is 0 Å². The molecule has 1 fully saturated rings. The van der Waals surface area contributed by atoms with Gasteiger partial charge in [-0.2, -0.15) is 0 Å². The largest absolute Gasteiger partial charge is 0.394 e. The Hall–Kier alpha value is -2.82. The van der Waals surface area contributed by atoms with Gasteiger partial charge in [0.25, 0.3) is 5.56 Å². The molecule has 0 aliphatic carbocycles. The van der Waals surface area contributed by atoms with Crippen LogP contribution in [0, 0.1) is 6.92 Å². The van der Waals surface area contributed by atoms with Gasteiger partial charge in [-0.1, -0.05) is 42.0 Å². The summed E-state index contributed by atoms with van der Waals surface area (Å²) < 4.78 is 6.66. The lowest BCUT2D eigenvalue weighted by molar-refractivity contribution is -0.224. The first-order valence-corrected chi connectivity index (χ1v) is 9.56. The molecule has 0 spiro atoms. The normalized spacial score (nSPS) is 26.6. The molecule has 1 aromatic heterocycles. The molecule has 2 aromatic carbocycles. The monoisotopic (exact) mass is 413 g/mol. The highest BCUT2D eigenvalue weighted by Gasteiger charge is 2.44. The summed E-state index contributed by atoms with van der Waals surface area (Å²) in [7, 11) is 0. The van der Waals surface area contributed by atoms with Crippen LogP contribution >= 0.6 is 0 Å². The molecule has 9 nitrogen and oxygen atoms in total. The molecule has 0 saturated carbocycles. The molecule has 0 radical (unpaired) electrons. The predicted octanol–water partition coefficient (Wildman–Crippen LogP) is -0.285. The van der Waals surface area contributed by atoms with Gasteiger partial charge in [0.1, 0.15) is 24.4 Å². The Morgan fingerprint density at radius 3 is 2.43 bits per heavy atom. The summed E-state index contributed by atoms with van der Waals surface area (Å²) in [5, 5.41) is 40.2. The van der Waals surface area contributed by atoms with E-state index in [9.17, 15) is 25.2 Å². The van der Waals surface area contributed by atoms with Crippen molar-refractivity contribution in [2.75, 3.05) is 12.0 Å². The zero-order chi connectivity index (χ0) is 21.4. The van der Waals surface area contributed by atoms with E-state index in [0.717, 1.165) is 10.2 Å². The molecule has 5 N–H and O–H groups in total. The van der Waals surface area contributed by atoms with Gasteiger partial charge < -0.3 is 25.2 Å². The molecular weight excluding hydrogens is 390 g/mol. The maximum Gasteiger partial charge on any atom is 0.280 e. The Labute approximate surface area is 171 Å². The number of nitrogens with one attached hydrogen (secondary N) is 1. The summed E-state index contributed by atoms with van der Waals surface area (Å²) in [6.45, 7) is 1.37. The van der Waals surface area contributed by atoms with Crippen molar-refractivity contribution in [3.8, 4) is 11.4 Å². The van der Waals surface area contributed by atoms with Gasteiger partial charge in [-0.25, -0.2) is 9.66 Å². The van der Waals surface area contributed by atoms with Crippen LogP contribution in [0.2, 0.25) is 0 Å². The second-order valence-electron chi connectivity index (χ2n) is 7.34. The number of aliphatic hydroxyl groups excluding tert-OH is 4. The van der Waals surface area contributed by atoms with Gasteiger partial charge in [0.05, 0.1) is 17.5 Å². The number of aliphatic hydroxyl groups is 4. The standard InChI is InChI=1S/C21H23N3O6/c1-11-6-8-12(9-7-11)19-22-14-5-3-2-4-13(14)21(29)24(19)23-20-18(28)17(27)16(26)15(10-25)30-20/h2-9,15-18,20,23,25-28H,10H2,1H3/t15-,16-,17+,18-,20-/m1/s1. The van der Waals surface area contributed by atoms with Crippen LogP contribution in [-0.2, 0) is 4.74 Å². The van der Waals surface area contributed by atoms with Crippen LogP contribution in [0.5, 0.6) is 0 Å². The molecule has 4 rings (SSSR count). The first kappa shape index (κ1) is 20.5. The number of rotatable bonds is 4. The molecule has 2 heterocycles. The molecule has 0 unspecified atom stereocenters. The van der Waals surface area contributed by atoms with Crippen LogP contribution in [-0.4, -0.2) is 67.3 Å². The Bertz CT molecular complexity index is 1100. The molecule has 0 amide bonds. The Balaban J connectivity index is 1.83. The number of para-hydroxylation sites is 1. The second kappa shape index (κ2) is 8.13. The van der Waals surface area contributed by atoms with Crippen LogP contribution in [0.3, 0.4) is 0 Å². The highest BCUT2D eigenvalue weighted by atomic mass is 16.6. The van der Waals surface area contributed by atoms with Gasteiger partial charge in [-0.3, -0.25) is 10.2 Å². The Morgan fingerprint density at radius 1 is 1.03 bits per heavy atom. The lowest BCUT2D eigenvalue weighted by Crippen LogP contribution is -2.62. The van der Waals surface area contributed by atoms with Gasteiger partial charge >= 0.3 is 0 Å². The summed E-state index contributed by atoms with van der Waals surface area (Å²) in [6, 6.07) is 14.3. The molecule has 1 aliphatic heterocycles. The van der Waals surface area contributed by atoms with E-state index in [2.05, 4.69) is 10.4 Å². The third-order valence-corrected chi connectivity index (χ3v) is 5.23. The summed E-state index contributed by atoms with van der Waals surface area (Å²) in [5.74, 6) is 0.288. The van der Waals surface area contributed by atoms with Crippen molar-refractivity contribution in [2.24, 2.45) is 0 Å². The summed E-state index contributed by atoms with van der Waals surface area (Å²) in [4.78, 5) is 17.8. The minimum absolute atomic E-state index is 0.288. The number of ether oxygens (including phenoxy) is 1. The molecule has 1 saturated heterocycles. The van der Waals surface area contributed by atoms with Crippen LogP contribution in [0.25, 0.3) is 22.3 Å². The molecule has 0 bridgehead atoms. The van der Waals surface area contributed by atoms with Gasteiger partial charge in [0, 0.05) is 5.56 Å². The van der Waals surface area contributed by atoms with Crippen molar-refractivity contribution < 1.29 is 25.2 Å². The number of nitrogens with zero attached hydrogens (tertiary/aromatic N) is 2. The van der Waals surface area contributed by atoms with Crippen molar-refractivity contribution in [1.82, 2.24) is 9.66 Å². The Morgan fingerprint density at radius 2 is 1.73 bits per heavy atom. The number of hydrogen-bond acceptors (Lipinski definition) is 8. The second-order valence-corrected chi connectivity index (χ2v) is 7.34. The quantitative estimate of drug-likeness (QED) is 0.394. The van der Waals surface area contributed by atoms with Crippen LogP contribution in [0.1, 0.15) is 5.56 Å². The van der Waals surface area contributed by atoms with Crippen molar-refractivity contribution in [3.05, 3.63) is 64.4 Å². The Kier molecular flexibility index (Phi) is 5.54. The molecule has 30 heavy (non-hydrogen) atoms. The first-order valence-electron chi connectivity index (χ1n) is 9.56. The van der Waals surface area contributed by atoms with Gasteiger partial charge in [0.2, 0.25) is 0 Å². The predicted molar refractivity (Wildman–Crippen MR) is 109 cm³/mol. The van der Waals surface area contributed by atoms with Crippen LogP contribution in [0.15, 0.2) is 53.3 Å². The maximum absolute atomic E-state index is 13.2. The van der Waals surface area contributed by atoms with Crippen molar-refractivity contribution in [2.45, 2.75) is 37.6 Å². The molecular formula is C21H23N3O6. The van der Waals surface area contributed by atoms with E-state index >= 15 is 0 Å². The number of hydrogen-bond donors (Lipinski definition) is 5. The van der Waals surface area contributed by atoms with E-state index in [4.69, 9.17) is 4.74 Å². The fraction of sp³-hybridized carbons (Fsp3) is 0.333. The summed E-state index contributed by atoms with van der Waals surface area (Å²) in [5.41, 5.74) is 4.55. The van der Waals surface area contributed by atoms with Crippen molar-refractivity contribution in [3.63, 3.8) is 0 Å². The fourth-order valence-electron chi connectivity index (χ4n) is 3.48. The smallest absolute Gasteiger partial charge is 0.280 e. The molecule has 3 aromatic rings. The lowest BCUT2D eigenvalue weighted by atomic mass is 9.99. The van der Waals surface area contributed by atoms with Gasteiger partial charge in [0.15, 0.2) is 12.1 Å². The topological polar surface area (TPSA) is 137 Å². The number of aryl methyl sites for hydroxylation is 1. The molecule has 5 atom stereocenters. The number of aromatic nitrogens is 2. The van der Waals surface area contributed by atoms with E-state index in [1.807, 2.05) is 31.2 Å². The van der Waals surface area contributed by atoms with E-state index < -0.39 is 42.8 Å². The average molecular weight is 413 g/mol. The first-order chi connectivity index (χ1) is 14.4. The highest BCUT2D eigenvalue weighted by Crippen LogP contribution is 2.23. The van der Waals surface area contributed by atoms with Crippen LogP contribution in [0.4, 0.5) is 0 Å². The molecule has 158 valence electrons. The third kappa shape index (κ3) is 3.57. The third-order valence-electron chi connectivity index (χ3n) is 5.23. The summed E-state index contributed by atoms with van der Waals surface area (Å²) >= 11 is 0. The summed E-state index contributed by atoms with van der Waals surface area (Å²) in [6.07, 6.45) is -6.99. The number of benzene rings is 2. The number of fused-ring (bicyclic) bond motifs is 1. The zero-order valence-electron chi connectivity index (χ0n) is 16.2. The lowest BCUT2D eigenvalue weighted by Gasteiger charge is -2.40. The molecule has 1 aliphatic rings. The highest BCUT2D eigenvalue weighted by molar-refractivity contribution is 5.79. The van der Waals surface area contributed by atoms with E-state index in [-0.39, 0.29) is 5.82 Å². The SMILES string of the molecule is Cc1ccc(-c2nc3ccccc3c(=O)n2N[C@@H]2O[C@H](CO)[C@@H](O)[C@H](O)[C@H]2O)cc1. The van der Waals surface area contributed by atoms with Gasteiger partial charge in [-0.05, 0) is 19.1 Å².